The third kappa shape index (κ3) is 4.57. The molecule has 0 fully saturated rings. The van der Waals surface area contributed by atoms with Crippen molar-refractivity contribution in [3.8, 4) is 0 Å². The van der Waals surface area contributed by atoms with E-state index in [4.69, 9.17) is 0 Å². The first kappa shape index (κ1) is 38.5. The number of rotatable bonds is 4. The Morgan fingerprint density at radius 2 is 0.350 bits per heavy atom. The fraction of sp³-hybridized carbons (Fsp3) is 1.00. The predicted molar refractivity (Wildman–Crippen MR) is 71.8 cm³/mol. The zero-order valence-corrected chi connectivity index (χ0v) is 17.9. The normalized spacial score (nSPS) is 19.7. The second-order valence-electron chi connectivity index (χ2n) is 7.27. The van der Waals surface area contributed by atoms with E-state index in [1.165, 1.54) is 0 Å². The molecule has 0 heterocycles. The van der Waals surface area contributed by atoms with Crippen molar-refractivity contribution in [1.29, 1.82) is 0 Å². The van der Waals surface area contributed by atoms with E-state index in [2.05, 4.69) is 0 Å². The molecule has 0 aliphatic carbocycles. The van der Waals surface area contributed by atoms with Crippen LogP contribution in [0.3, 0.4) is 0 Å². The van der Waals surface area contributed by atoms with Crippen LogP contribution in [-0.4, -0.2) is 60.2 Å². The van der Waals surface area contributed by atoms with Crippen molar-refractivity contribution in [1.82, 2.24) is 0 Å². The van der Waals surface area contributed by atoms with Crippen LogP contribution in [0.4, 0.5) is 118 Å². The van der Waals surface area contributed by atoms with E-state index in [-0.39, 0.29) is 0 Å². The molecule has 0 aromatic rings. The van der Waals surface area contributed by atoms with E-state index in [1.807, 2.05) is 0 Å². The first-order valence-corrected chi connectivity index (χ1v) is 9.80. The van der Waals surface area contributed by atoms with Gasteiger partial charge in [-0.15, -0.1) is 0 Å². The third-order valence-corrected chi connectivity index (χ3v) is 8.08. The second kappa shape index (κ2) is 9.27. The van der Waals surface area contributed by atoms with E-state index in [0.717, 1.165) is 0 Å². The van der Waals surface area contributed by atoms with Gasteiger partial charge in [-0.25, -0.2) is 0 Å². The van der Waals surface area contributed by atoms with Gasteiger partial charge in [-0.3, -0.25) is 0 Å². The summed E-state index contributed by atoms with van der Waals surface area (Å²) < 4.78 is 358. The summed E-state index contributed by atoms with van der Waals surface area (Å²) in [5.74, 6) is 0. The molecule has 0 aromatic heterocycles. The zero-order chi connectivity index (χ0) is 33.6. The molecule has 0 saturated carbocycles. The average Bonchev–Trinajstić information content (AvgIpc) is 2.50. The van der Waals surface area contributed by atoms with Gasteiger partial charge in [0.2, 0.25) is 0 Å². The molecule has 0 saturated heterocycles. The van der Waals surface area contributed by atoms with Gasteiger partial charge in [0.15, 0.2) is 0 Å². The maximum atomic E-state index is 14.8. The number of alkyl halides is 26. The van der Waals surface area contributed by atoms with Gasteiger partial charge < -0.3 is 0 Å². The molecule has 40 heavy (non-hydrogen) atoms. The summed E-state index contributed by atoms with van der Waals surface area (Å²) in [5, 5.41) is -20.1. The molecule has 28 heteroatoms. The van der Waals surface area contributed by atoms with Gasteiger partial charge in [0.05, 0.1) is 0 Å². The minimum atomic E-state index is -11.2. The molecular formula is C12H2F27P. The van der Waals surface area contributed by atoms with Gasteiger partial charge in [0.25, 0.3) is 0 Å². The Kier molecular flexibility index (Phi) is 8.93. The van der Waals surface area contributed by atoms with Crippen LogP contribution in [0, 0.1) is 10.8 Å². The molecular weight excluding hydrogens is 688 g/mol. The van der Waals surface area contributed by atoms with Gasteiger partial charge in [0.1, 0.15) is 0 Å². The first-order chi connectivity index (χ1) is 16.7. The van der Waals surface area contributed by atoms with Crippen LogP contribution >= 0.6 is 8.23 Å². The van der Waals surface area contributed by atoms with E-state index >= 15 is 0 Å². The third-order valence-electron chi connectivity index (χ3n) is 5.17. The van der Waals surface area contributed by atoms with Crippen LogP contribution in [0.1, 0.15) is 0 Å². The van der Waals surface area contributed by atoms with E-state index in [9.17, 15) is 118 Å². The Bertz CT molecular complexity index is 750. The Morgan fingerprint density at radius 3 is 0.425 bits per heavy atom. The Labute approximate surface area is 199 Å². The molecule has 244 valence electrons. The fourth-order valence-electron chi connectivity index (χ4n) is 3.57. The molecule has 0 aromatic carbocycles. The summed E-state index contributed by atoms with van der Waals surface area (Å²) >= 11 is 0. The molecule has 2 unspecified atom stereocenters. The molecule has 0 spiro atoms. The van der Waals surface area contributed by atoms with Gasteiger partial charge >= 0.3 is 198 Å². The number of hydrogen-bond acceptors (Lipinski definition) is 0. The van der Waals surface area contributed by atoms with Crippen molar-refractivity contribution in [3.05, 3.63) is 0 Å². The standard InChI is InChI=1S/C12H2F27P/c13-3(11(33,34)35,1(5(15,16)17,6(18,19)20)7(21,22)23)40(39)4(14,12(36,37)38)2(8(24,25)26,9(27,28)29)10(30,31)32/h40H2. The average molecular weight is 690 g/mol. The predicted octanol–water partition coefficient (Wildman–Crippen LogP) is 9.62. The molecule has 0 amide bonds. The zero-order valence-electron chi connectivity index (χ0n) is 16.8. The number of halogens is 27. The van der Waals surface area contributed by atoms with Crippen molar-refractivity contribution in [2.45, 2.75) is 60.2 Å². The van der Waals surface area contributed by atoms with Crippen LogP contribution in [-0.2, 0) is 0 Å². The van der Waals surface area contributed by atoms with Crippen LogP contribution in [0.15, 0.2) is 0 Å². The van der Waals surface area contributed by atoms with Crippen LogP contribution in [0.2, 0.25) is 0 Å². The molecule has 2 atom stereocenters. The van der Waals surface area contributed by atoms with Crippen molar-refractivity contribution in [2.24, 2.45) is 10.8 Å². The molecule has 0 aliphatic rings. The molecule has 0 aliphatic heterocycles. The summed E-state index contributed by atoms with van der Waals surface area (Å²) in [6, 6.07) is 0. The Hall–Kier alpha value is -1.46. The van der Waals surface area contributed by atoms with Crippen molar-refractivity contribution in [3.63, 3.8) is 0 Å². The quantitative estimate of drug-likeness (QED) is 0.204. The van der Waals surface area contributed by atoms with Crippen molar-refractivity contribution >= 4 is 8.23 Å². The Morgan fingerprint density at radius 1 is 0.225 bits per heavy atom. The SMILES string of the molecule is F[PH2](C(F)(C(F)(F)F)C(C(F)(F)F)(C(F)(F)F)C(F)(F)F)C(F)(C(F)(F)F)C(C(F)(F)F)(C(F)(F)F)C(F)(F)F. The second-order valence-corrected chi connectivity index (χ2v) is 9.58. The van der Waals surface area contributed by atoms with Crippen LogP contribution in [0.25, 0.3) is 0 Å². The summed E-state index contributed by atoms with van der Waals surface area (Å²) in [6.45, 7) is 0. The van der Waals surface area contributed by atoms with Gasteiger partial charge in [0, 0.05) is 0 Å². The molecule has 0 radical (unpaired) electrons. The van der Waals surface area contributed by atoms with Crippen LogP contribution < -0.4 is 0 Å². The van der Waals surface area contributed by atoms with Gasteiger partial charge in [-0.2, -0.15) is 0 Å². The minimum absolute atomic E-state index is 9.37. The Balaban J connectivity index is 9.17. The van der Waals surface area contributed by atoms with E-state index < -0.39 is 79.3 Å². The monoisotopic (exact) mass is 690 g/mol. The summed E-state index contributed by atoms with van der Waals surface area (Å²) in [4.78, 5) is 0. The van der Waals surface area contributed by atoms with E-state index in [1.54, 1.807) is 0 Å². The topological polar surface area (TPSA) is 0 Å². The first-order valence-electron chi connectivity index (χ1n) is 8.21. The summed E-state index contributed by atoms with van der Waals surface area (Å²) in [7, 11) is -11.2. The number of hydrogen-bond donors (Lipinski definition) is 0. The van der Waals surface area contributed by atoms with Gasteiger partial charge in [-0.05, 0) is 0 Å². The summed E-state index contributed by atoms with van der Waals surface area (Å²) in [6.07, 6.45) is -75.1. The van der Waals surface area contributed by atoms with Crippen molar-refractivity contribution in [2.75, 3.05) is 0 Å². The van der Waals surface area contributed by atoms with Crippen LogP contribution in [0.5, 0.6) is 0 Å². The molecule has 0 nitrogen and oxygen atoms in total. The molecule has 0 bridgehead atoms. The van der Waals surface area contributed by atoms with E-state index in [0.29, 0.717) is 0 Å². The molecule has 0 rings (SSSR count). The van der Waals surface area contributed by atoms with Crippen molar-refractivity contribution < 1.29 is 118 Å². The molecule has 0 N–H and O–H groups in total. The maximum absolute atomic E-state index is 14.8. The van der Waals surface area contributed by atoms with Gasteiger partial charge in [-0.1, -0.05) is 0 Å². The summed E-state index contributed by atoms with van der Waals surface area (Å²) in [5.41, 5.74) is -19.9. The fourth-order valence-corrected chi connectivity index (χ4v) is 6.43.